The Morgan fingerprint density at radius 2 is 2.06 bits per heavy atom. The number of aromatic nitrogens is 1. The van der Waals surface area contributed by atoms with Crippen molar-refractivity contribution in [1.29, 1.82) is 0 Å². The lowest BCUT2D eigenvalue weighted by Crippen LogP contribution is -2.29. The number of ether oxygens (including phenoxy) is 1. The fraction of sp³-hybridized carbons (Fsp3) is 0.500. The predicted molar refractivity (Wildman–Crippen MR) is 70.0 cm³/mol. The molecule has 5 nitrogen and oxygen atoms in total. The van der Waals surface area contributed by atoms with Crippen molar-refractivity contribution in [3.8, 4) is 5.88 Å². The van der Waals surface area contributed by atoms with Crippen LogP contribution < -0.4 is 10.2 Å². The third kappa shape index (κ3) is 6.48. The Morgan fingerprint density at radius 1 is 1.35 bits per heavy atom. The predicted octanol–water partition coefficient (Wildman–Crippen LogP) is -0.486. The monoisotopic (exact) mass is 260 g/mol. The highest BCUT2D eigenvalue weighted by atomic mass is 35.5. The normalized spacial score (nSPS) is 9.94. The van der Waals surface area contributed by atoms with Crippen molar-refractivity contribution in [2.75, 3.05) is 27.2 Å². The first-order valence-electron chi connectivity index (χ1n) is 5.19. The molecule has 0 fully saturated rings. The summed E-state index contributed by atoms with van der Waals surface area (Å²) >= 11 is 0. The Labute approximate surface area is 108 Å². The Kier molecular flexibility index (Phi) is 7.90. The molecule has 7 heteroatoms. The minimum absolute atomic E-state index is 0. The first-order chi connectivity index (χ1) is 7.59. The summed E-state index contributed by atoms with van der Waals surface area (Å²) in [5.41, 5.74) is 0.362. The van der Waals surface area contributed by atoms with Crippen LogP contribution in [0.15, 0.2) is 18.3 Å². The van der Waals surface area contributed by atoms with E-state index in [1.165, 1.54) is 6.20 Å². The zero-order chi connectivity index (χ0) is 12.0. The summed E-state index contributed by atoms with van der Waals surface area (Å²) in [5, 5.41) is 17.7. The van der Waals surface area contributed by atoms with Crippen LogP contribution in [0.3, 0.4) is 0 Å². The lowest BCUT2D eigenvalue weighted by molar-refractivity contribution is 0.273. The van der Waals surface area contributed by atoms with E-state index >= 15 is 0 Å². The second kappa shape index (κ2) is 8.30. The summed E-state index contributed by atoms with van der Waals surface area (Å²) in [6, 6.07) is 3.21. The van der Waals surface area contributed by atoms with Gasteiger partial charge in [0.25, 0.3) is 0 Å². The standard InChI is InChI=1S/C10H17BN2O3.ClH/c1-13(2)6-3-7-16-10-5-4-9(8-12-10)11(14)15;/h4-5,8,14-15H,3,6-7H2,1-2H3;1H. The Hall–Kier alpha value is -0.815. The maximum atomic E-state index is 8.86. The van der Waals surface area contributed by atoms with E-state index < -0.39 is 7.12 Å². The second-order valence-electron chi connectivity index (χ2n) is 3.81. The third-order valence-corrected chi connectivity index (χ3v) is 2.06. The highest BCUT2D eigenvalue weighted by Gasteiger charge is 2.10. The molecule has 0 amide bonds. The summed E-state index contributed by atoms with van der Waals surface area (Å²) in [7, 11) is 2.54. The molecule has 0 aromatic carbocycles. The van der Waals surface area contributed by atoms with Gasteiger partial charge in [-0.1, -0.05) is 6.07 Å². The smallest absolute Gasteiger partial charge is 0.478 e. The maximum Gasteiger partial charge on any atom is 0.490 e. The summed E-state index contributed by atoms with van der Waals surface area (Å²) in [6.45, 7) is 1.57. The van der Waals surface area contributed by atoms with Crippen LogP contribution >= 0.6 is 12.4 Å². The number of rotatable bonds is 6. The largest absolute Gasteiger partial charge is 0.490 e. The van der Waals surface area contributed by atoms with Crippen molar-refractivity contribution in [3.63, 3.8) is 0 Å². The van der Waals surface area contributed by atoms with Gasteiger partial charge in [0.2, 0.25) is 5.88 Å². The molecule has 0 aliphatic carbocycles. The molecule has 1 rings (SSSR count). The van der Waals surface area contributed by atoms with Crippen LogP contribution in [-0.4, -0.2) is 54.3 Å². The van der Waals surface area contributed by atoms with E-state index in [1.807, 2.05) is 14.1 Å². The molecule has 0 spiro atoms. The van der Waals surface area contributed by atoms with Gasteiger partial charge in [0, 0.05) is 18.2 Å². The van der Waals surface area contributed by atoms with Crippen molar-refractivity contribution in [2.45, 2.75) is 6.42 Å². The van der Waals surface area contributed by atoms with Gasteiger partial charge in [0.1, 0.15) is 0 Å². The number of halogens is 1. The molecule has 1 heterocycles. The first-order valence-corrected chi connectivity index (χ1v) is 5.19. The zero-order valence-electron chi connectivity index (χ0n) is 10.0. The van der Waals surface area contributed by atoms with Gasteiger partial charge in [-0.05, 0) is 26.6 Å². The minimum Gasteiger partial charge on any atom is -0.478 e. The number of hydrogen-bond donors (Lipinski definition) is 2. The molecule has 0 saturated heterocycles. The van der Waals surface area contributed by atoms with Crippen LogP contribution in [0.1, 0.15) is 6.42 Å². The molecule has 0 aliphatic heterocycles. The minimum atomic E-state index is -1.48. The maximum absolute atomic E-state index is 8.86. The van der Waals surface area contributed by atoms with Crippen molar-refractivity contribution in [3.05, 3.63) is 18.3 Å². The fourth-order valence-electron chi connectivity index (χ4n) is 1.19. The molecular formula is C10H18BClN2O3. The van der Waals surface area contributed by atoms with Gasteiger partial charge in [-0.25, -0.2) is 4.98 Å². The summed E-state index contributed by atoms with van der Waals surface area (Å²) in [4.78, 5) is 6.05. The van der Waals surface area contributed by atoms with Crippen molar-refractivity contribution >= 4 is 25.0 Å². The van der Waals surface area contributed by atoms with Gasteiger partial charge >= 0.3 is 7.12 Å². The van der Waals surface area contributed by atoms with E-state index in [2.05, 4.69) is 9.88 Å². The number of nitrogens with zero attached hydrogens (tertiary/aromatic N) is 2. The fourth-order valence-corrected chi connectivity index (χ4v) is 1.19. The second-order valence-corrected chi connectivity index (χ2v) is 3.81. The van der Waals surface area contributed by atoms with E-state index in [9.17, 15) is 0 Å². The third-order valence-electron chi connectivity index (χ3n) is 2.06. The van der Waals surface area contributed by atoms with Crippen LogP contribution in [0.25, 0.3) is 0 Å². The molecule has 0 saturated carbocycles. The Bertz CT molecular complexity index is 309. The van der Waals surface area contributed by atoms with E-state index in [4.69, 9.17) is 14.8 Å². The molecule has 96 valence electrons. The van der Waals surface area contributed by atoms with E-state index in [-0.39, 0.29) is 12.4 Å². The van der Waals surface area contributed by atoms with Gasteiger partial charge in [0.15, 0.2) is 0 Å². The summed E-state index contributed by atoms with van der Waals surface area (Å²) in [6.07, 6.45) is 2.32. The highest BCUT2D eigenvalue weighted by Crippen LogP contribution is 2.03. The van der Waals surface area contributed by atoms with Crippen molar-refractivity contribution in [1.82, 2.24) is 9.88 Å². The average molecular weight is 261 g/mol. The summed E-state index contributed by atoms with van der Waals surface area (Å²) in [5.74, 6) is 0.503. The topological polar surface area (TPSA) is 65.8 Å². The SMILES string of the molecule is CN(C)CCCOc1ccc(B(O)O)cn1.Cl. The lowest BCUT2D eigenvalue weighted by atomic mass is 9.82. The van der Waals surface area contributed by atoms with E-state index in [0.717, 1.165) is 13.0 Å². The molecule has 1 aromatic heterocycles. The molecule has 2 N–H and O–H groups in total. The lowest BCUT2D eigenvalue weighted by Gasteiger charge is -2.09. The van der Waals surface area contributed by atoms with Gasteiger partial charge < -0.3 is 19.7 Å². The molecule has 0 bridgehead atoms. The quantitative estimate of drug-likeness (QED) is 0.534. The Morgan fingerprint density at radius 3 is 2.53 bits per heavy atom. The average Bonchev–Trinajstić information content (AvgIpc) is 2.25. The summed E-state index contributed by atoms with van der Waals surface area (Å²) < 4.78 is 5.39. The number of pyridine rings is 1. The number of hydrogen-bond acceptors (Lipinski definition) is 5. The molecule has 0 atom stereocenters. The van der Waals surface area contributed by atoms with Crippen LogP contribution in [0.2, 0.25) is 0 Å². The molecule has 0 unspecified atom stereocenters. The first kappa shape index (κ1) is 16.2. The molecule has 17 heavy (non-hydrogen) atoms. The van der Waals surface area contributed by atoms with Crippen LogP contribution in [0.5, 0.6) is 5.88 Å². The van der Waals surface area contributed by atoms with Gasteiger partial charge in [-0.3, -0.25) is 0 Å². The zero-order valence-corrected chi connectivity index (χ0v) is 10.9. The molecule has 0 aliphatic rings. The van der Waals surface area contributed by atoms with Gasteiger partial charge in [-0.15, -0.1) is 12.4 Å². The highest BCUT2D eigenvalue weighted by molar-refractivity contribution is 6.58. The van der Waals surface area contributed by atoms with E-state index in [1.54, 1.807) is 12.1 Å². The molecular weight excluding hydrogens is 242 g/mol. The van der Waals surface area contributed by atoms with Gasteiger partial charge in [-0.2, -0.15) is 0 Å². The van der Waals surface area contributed by atoms with Crippen molar-refractivity contribution in [2.24, 2.45) is 0 Å². The molecule has 1 aromatic rings. The van der Waals surface area contributed by atoms with Crippen LogP contribution in [0.4, 0.5) is 0 Å². The van der Waals surface area contributed by atoms with Crippen molar-refractivity contribution < 1.29 is 14.8 Å². The van der Waals surface area contributed by atoms with Crippen LogP contribution in [-0.2, 0) is 0 Å². The van der Waals surface area contributed by atoms with Gasteiger partial charge in [0.05, 0.1) is 6.61 Å². The van der Waals surface area contributed by atoms with E-state index in [0.29, 0.717) is 17.9 Å². The van der Waals surface area contributed by atoms with Crippen LogP contribution in [0, 0.1) is 0 Å². The Balaban J connectivity index is 0.00000256. The molecule has 0 radical (unpaired) electrons.